The third-order valence-electron chi connectivity index (χ3n) is 6.53. The average molecular weight is 277 g/mol. The van der Waals surface area contributed by atoms with Crippen LogP contribution in [0.3, 0.4) is 0 Å². The highest BCUT2D eigenvalue weighted by atomic mass is 16.3. The maximum atomic E-state index is 13.1. The maximum absolute atomic E-state index is 13.1. The summed E-state index contributed by atoms with van der Waals surface area (Å²) in [5.74, 6) is 1.13. The lowest BCUT2D eigenvalue weighted by molar-refractivity contribution is -0.178. The third kappa shape index (κ3) is 1.78. The summed E-state index contributed by atoms with van der Waals surface area (Å²) in [6.07, 6.45) is 7.76. The van der Waals surface area contributed by atoms with Crippen LogP contribution in [0.25, 0.3) is 0 Å². The Balaban J connectivity index is 1.65. The number of carbonyl (C=O) groups is 1. The summed E-state index contributed by atoms with van der Waals surface area (Å²) in [7, 11) is 0. The predicted octanol–water partition coefficient (Wildman–Crippen LogP) is 2.58. The van der Waals surface area contributed by atoms with Gasteiger partial charge < -0.3 is 10.0 Å². The van der Waals surface area contributed by atoms with Crippen molar-refractivity contribution >= 4 is 5.91 Å². The monoisotopic (exact) mass is 277 g/mol. The third-order valence-corrected chi connectivity index (χ3v) is 6.53. The standard InChI is InChI=1S/C17H27NO2/c1-15-5-12-6-16(2,9-15)11-17(7-12,10-15)14(20)18-4-3-13(19)8-18/h12-13,19H,3-11H2,1-2H3. The lowest BCUT2D eigenvalue weighted by atomic mass is 9.40. The fraction of sp³-hybridized carbons (Fsp3) is 0.941. The Morgan fingerprint density at radius 1 is 1.10 bits per heavy atom. The molecule has 1 heterocycles. The zero-order chi connectivity index (χ0) is 14.2. The van der Waals surface area contributed by atoms with E-state index >= 15 is 0 Å². The second kappa shape index (κ2) is 3.79. The molecule has 3 heteroatoms. The number of carbonyl (C=O) groups excluding carboxylic acids is 1. The fourth-order valence-electron chi connectivity index (χ4n) is 6.95. The van der Waals surface area contributed by atoms with Crippen LogP contribution in [-0.4, -0.2) is 35.1 Å². The van der Waals surface area contributed by atoms with Crippen LogP contribution < -0.4 is 0 Å². The van der Waals surface area contributed by atoms with Crippen molar-refractivity contribution in [3.05, 3.63) is 0 Å². The normalized spacial score (nSPS) is 53.6. The van der Waals surface area contributed by atoms with Gasteiger partial charge in [-0.15, -0.1) is 0 Å². The van der Waals surface area contributed by atoms with Crippen molar-refractivity contribution in [1.29, 1.82) is 0 Å². The minimum Gasteiger partial charge on any atom is -0.391 e. The molecular formula is C17H27NO2. The smallest absolute Gasteiger partial charge is 0.228 e. The molecule has 4 aliphatic carbocycles. The summed E-state index contributed by atoms with van der Waals surface area (Å²) in [4.78, 5) is 15.1. The molecule has 0 radical (unpaired) electrons. The fourth-order valence-corrected chi connectivity index (χ4v) is 6.95. The molecule has 3 unspecified atom stereocenters. The quantitative estimate of drug-likeness (QED) is 0.800. The van der Waals surface area contributed by atoms with Crippen LogP contribution in [0.5, 0.6) is 0 Å². The van der Waals surface area contributed by atoms with Gasteiger partial charge in [0.25, 0.3) is 0 Å². The second-order valence-corrected chi connectivity index (χ2v) is 9.10. The van der Waals surface area contributed by atoms with E-state index in [2.05, 4.69) is 13.8 Å². The van der Waals surface area contributed by atoms with Crippen molar-refractivity contribution < 1.29 is 9.90 Å². The molecule has 1 N–H and O–H groups in total. The van der Waals surface area contributed by atoms with Gasteiger partial charge in [-0.1, -0.05) is 13.8 Å². The van der Waals surface area contributed by atoms with Gasteiger partial charge in [-0.25, -0.2) is 0 Å². The first kappa shape index (κ1) is 13.1. The lowest BCUT2D eigenvalue weighted by Gasteiger charge is -2.65. The van der Waals surface area contributed by atoms with E-state index in [4.69, 9.17) is 0 Å². The molecule has 3 atom stereocenters. The van der Waals surface area contributed by atoms with Crippen molar-refractivity contribution in [3.63, 3.8) is 0 Å². The van der Waals surface area contributed by atoms with Crippen LogP contribution in [0.4, 0.5) is 0 Å². The van der Waals surface area contributed by atoms with Gasteiger partial charge in [-0.2, -0.15) is 0 Å². The van der Waals surface area contributed by atoms with E-state index in [1.807, 2.05) is 4.90 Å². The number of β-amino-alcohol motifs (C(OH)–C–C–N with tert-alkyl or cyclic N) is 1. The minimum absolute atomic E-state index is 0.0903. The van der Waals surface area contributed by atoms with Gasteiger partial charge >= 0.3 is 0 Å². The number of hydrogen-bond acceptors (Lipinski definition) is 2. The highest BCUT2D eigenvalue weighted by Gasteiger charge is 2.63. The van der Waals surface area contributed by atoms with Gasteiger partial charge in [0.1, 0.15) is 0 Å². The Morgan fingerprint density at radius 2 is 1.75 bits per heavy atom. The van der Waals surface area contributed by atoms with Crippen LogP contribution in [0.2, 0.25) is 0 Å². The first-order valence-electron chi connectivity index (χ1n) is 8.29. The molecule has 4 bridgehead atoms. The molecule has 5 rings (SSSR count). The molecule has 0 spiro atoms. The van der Waals surface area contributed by atoms with Crippen molar-refractivity contribution in [2.45, 2.75) is 64.9 Å². The molecule has 20 heavy (non-hydrogen) atoms. The molecule has 5 aliphatic rings. The number of aliphatic hydroxyl groups is 1. The molecule has 5 fully saturated rings. The summed E-state index contributed by atoms with van der Waals surface area (Å²) < 4.78 is 0. The van der Waals surface area contributed by atoms with Crippen molar-refractivity contribution in [2.75, 3.05) is 13.1 Å². The van der Waals surface area contributed by atoms with E-state index in [-0.39, 0.29) is 11.5 Å². The number of likely N-dealkylation sites (tertiary alicyclic amines) is 1. The summed E-state index contributed by atoms with van der Waals surface area (Å²) in [6.45, 7) is 6.16. The number of amides is 1. The van der Waals surface area contributed by atoms with E-state index in [1.165, 1.54) is 19.3 Å². The minimum atomic E-state index is -0.293. The largest absolute Gasteiger partial charge is 0.391 e. The van der Waals surface area contributed by atoms with E-state index in [0.29, 0.717) is 23.3 Å². The molecular weight excluding hydrogens is 250 g/mol. The first-order valence-corrected chi connectivity index (χ1v) is 8.29. The molecule has 3 nitrogen and oxygen atoms in total. The zero-order valence-corrected chi connectivity index (χ0v) is 12.8. The number of aliphatic hydroxyl groups excluding tert-OH is 1. The SMILES string of the molecule is CC12CC3CC(C)(C1)CC(C(=O)N1CCC(O)C1)(C3)C2. The molecule has 0 aromatic carbocycles. The van der Waals surface area contributed by atoms with Crippen LogP contribution >= 0.6 is 0 Å². The second-order valence-electron chi connectivity index (χ2n) is 9.10. The molecule has 1 amide bonds. The highest BCUT2D eigenvalue weighted by Crippen LogP contribution is 2.69. The summed E-state index contributed by atoms with van der Waals surface area (Å²) in [5, 5.41) is 9.74. The zero-order valence-electron chi connectivity index (χ0n) is 12.8. The van der Waals surface area contributed by atoms with Crippen LogP contribution in [-0.2, 0) is 4.79 Å². The van der Waals surface area contributed by atoms with E-state index in [9.17, 15) is 9.90 Å². The highest BCUT2D eigenvalue weighted by molar-refractivity contribution is 5.84. The molecule has 4 saturated carbocycles. The number of hydrogen-bond donors (Lipinski definition) is 1. The van der Waals surface area contributed by atoms with Crippen molar-refractivity contribution in [1.82, 2.24) is 4.90 Å². The number of nitrogens with zero attached hydrogens (tertiary/aromatic N) is 1. The van der Waals surface area contributed by atoms with Gasteiger partial charge in [-0.3, -0.25) is 4.79 Å². The Labute approximate surface area is 121 Å². The maximum Gasteiger partial charge on any atom is 0.228 e. The number of rotatable bonds is 1. The van der Waals surface area contributed by atoms with Gasteiger partial charge in [0.2, 0.25) is 5.91 Å². The Kier molecular flexibility index (Phi) is 2.49. The van der Waals surface area contributed by atoms with E-state index in [0.717, 1.165) is 38.1 Å². The van der Waals surface area contributed by atoms with Gasteiger partial charge in [0.05, 0.1) is 11.5 Å². The summed E-state index contributed by atoms with van der Waals surface area (Å²) in [6, 6.07) is 0. The van der Waals surface area contributed by atoms with Gasteiger partial charge in [0, 0.05) is 13.1 Å². The molecule has 1 aliphatic heterocycles. The first-order chi connectivity index (χ1) is 9.32. The molecule has 1 saturated heterocycles. The van der Waals surface area contributed by atoms with Crippen LogP contribution in [0.15, 0.2) is 0 Å². The van der Waals surface area contributed by atoms with Gasteiger partial charge in [0.15, 0.2) is 0 Å². The summed E-state index contributed by atoms with van der Waals surface area (Å²) in [5.41, 5.74) is 0.692. The van der Waals surface area contributed by atoms with Crippen molar-refractivity contribution in [3.8, 4) is 0 Å². The van der Waals surface area contributed by atoms with Gasteiger partial charge in [-0.05, 0) is 61.7 Å². The van der Waals surface area contributed by atoms with Crippen molar-refractivity contribution in [2.24, 2.45) is 22.2 Å². The topological polar surface area (TPSA) is 40.5 Å². The predicted molar refractivity (Wildman–Crippen MR) is 77.0 cm³/mol. The Morgan fingerprint density at radius 3 is 2.25 bits per heavy atom. The molecule has 0 aromatic heterocycles. The van der Waals surface area contributed by atoms with E-state index in [1.54, 1.807) is 0 Å². The van der Waals surface area contributed by atoms with Crippen LogP contribution in [0.1, 0.15) is 58.8 Å². The Hall–Kier alpha value is -0.570. The average Bonchev–Trinajstić information content (AvgIpc) is 2.69. The van der Waals surface area contributed by atoms with Crippen LogP contribution in [0, 0.1) is 22.2 Å². The molecule has 112 valence electrons. The Bertz CT molecular complexity index is 442. The van der Waals surface area contributed by atoms with E-state index < -0.39 is 0 Å². The lowest BCUT2D eigenvalue weighted by Crippen LogP contribution is -2.60. The molecule has 0 aromatic rings. The summed E-state index contributed by atoms with van der Waals surface area (Å²) >= 11 is 0.